The summed E-state index contributed by atoms with van der Waals surface area (Å²) in [7, 11) is -3.93. The Hall–Kier alpha value is -2.71. The number of nitrogens with zero attached hydrogens (tertiary/aromatic N) is 2. The highest BCUT2D eigenvalue weighted by molar-refractivity contribution is 9.10. The number of carbonyl (C=O) groups is 1. The number of carbonyl (C=O) groups excluding carboxylic acids is 1. The largest absolute Gasteiger partial charge is 0.350 e. The van der Waals surface area contributed by atoms with Crippen molar-refractivity contribution in [2.75, 3.05) is 10.8 Å². The number of sulfonamides is 1. The first kappa shape index (κ1) is 21.0. The van der Waals surface area contributed by atoms with Crippen molar-refractivity contribution in [3.8, 4) is 0 Å². The van der Waals surface area contributed by atoms with Gasteiger partial charge in [-0.2, -0.15) is 0 Å². The van der Waals surface area contributed by atoms with Crippen LogP contribution in [0.2, 0.25) is 0 Å². The molecular weight excluding hydrogens is 454 g/mol. The van der Waals surface area contributed by atoms with E-state index in [0.717, 1.165) is 19.9 Å². The van der Waals surface area contributed by atoms with Crippen molar-refractivity contribution in [2.24, 2.45) is 0 Å². The quantitative estimate of drug-likeness (QED) is 0.567. The predicted octanol–water partition coefficient (Wildman–Crippen LogP) is 3.66. The molecule has 8 heteroatoms. The lowest BCUT2D eigenvalue weighted by molar-refractivity contribution is -0.119. The van der Waals surface area contributed by atoms with E-state index in [-0.39, 0.29) is 18.0 Å². The number of pyridine rings is 1. The zero-order chi connectivity index (χ0) is 20.9. The molecule has 0 aliphatic carbocycles. The lowest BCUT2D eigenvalue weighted by Gasteiger charge is -2.24. The number of halogens is 1. The summed E-state index contributed by atoms with van der Waals surface area (Å²) in [5, 5.41) is 2.75. The maximum absolute atomic E-state index is 13.3. The van der Waals surface area contributed by atoms with Crippen LogP contribution in [0.4, 0.5) is 5.69 Å². The van der Waals surface area contributed by atoms with E-state index < -0.39 is 15.9 Å². The Kier molecular flexibility index (Phi) is 6.66. The van der Waals surface area contributed by atoms with Gasteiger partial charge in [-0.3, -0.25) is 14.1 Å². The number of amides is 1. The third-order valence-electron chi connectivity index (χ3n) is 4.20. The molecule has 29 heavy (non-hydrogen) atoms. The molecule has 3 rings (SSSR count). The van der Waals surface area contributed by atoms with E-state index in [2.05, 4.69) is 26.2 Å². The normalized spacial score (nSPS) is 11.1. The van der Waals surface area contributed by atoms with Gasteiger partial charge in [-0.1, -0.05) is 45.8 Å². The first-order valence-electron chi connectivity index (χ1n) is 8.87. The smallest absolute Gasteiger partial charge is 0.264 e. The SMILES string of the molecule is Cc1ccc(S(=O)(=O)N(CC(=O)NCc2cccnc2)c2cccc(Br)c2)cc1. The number of nitrogens with one attached hydrogen (secondary N) is 1. The second-order valence-electron chi connectivity index (χ2n) is 6.44. The summed E-state index contributed by atoms with van der Waals surface area (Å²) in [5.41, 5.74) is 2.18. The van der Waals surface area contributed by atoms with Gasteiger partial charge < -0.3 is 5.32 Å². The predicted molar refractivity (Wildman–Crippen MR) is 116 cm³/mol. The molecule has 150 valence electrons. The highest BCUT2D eigenvalue weighted by Crippen LogP contribution is 2.26. The second kappa shape index (κ2) is 9.19. The minimum Gasteiger partial charge on any atom is -0.350 e. The van der Waals surface area contributed by atoms with Crippen LogP contribution < -0.4 is 9.62 Å². The van der Waals surface area contributed by atoms with Crippen molar-refractivity contribution in [3.63, 3.8) is 0 Å². The van der Waals surface area contributed by atoms with Crippen LogP contribution in [-0.4, -0.2) is 25.9 Å². The zero-order valence-corrected chi connectivity index (χ0v) is 18.2. The number of rotatable bonds is 7. The maximum Gasteiger partial charge on any atom is 0.264 e. The van der Waals surface area contributed by atoms with Crippen LogP contribution in [0.3, 0.4) is 0 Å². The average Bonchev–Trinajstić information content (AvgIpc) is 2.71. The number of hydrogen-bond acceptors (Lipinski definition) is 4. The third kappa shape index (κ3) is 5.42. The Morgan fingerprint density at radius 2 is 1.86 bits per heavy atom. The van der Waals surface area contributed by atoms with Gasteiger partial charge >= 0.3 is 0 Å². The van der Waals surface area contributed by atoms with Crippen molar-refractivity contribution in [3.05, 3.63) is 88.7 Å². The molecule has 0 spiro atoms. The Morgan fingerprint density at radius 1 is 1.10 bits per heavy atom. The van der Waals surface area contributed by atoms with Gasteiger partial charge in [0.05, 0.1) is 10.6 Å². The Bertz CT molecular complexity index is 1090. The molecule has 0 aliphatic heterocycles. The number of hydrogen-bond donors (Lipinski definition) is 1. The summed E-state index contributed by atoms with van der Waals surface area (Å²) >= 11 is 3.36. The van der Waals surface area contributed by atoms with Gasteiger partial charge in [-0.15, -0.1) is 0 Å². The molecule has 0 atom stereocenters. The third-order valence-corrected chi connectivity index (χ3v) is 6.49. The monoisotopic (exact) mass is 473 g/mol. The van der Waals surface area contributed by atoms with Gasteiger partial charge in [0.1, 0.15) is 6.54 Å². The van der Waals surface area contributed by atoms with Crippen molar-refractivity contribution in [1.29, 1.82) is 0 Å². The van der Waals surface area contributed by atoms with Crippen LogP contribution in [0.5, 0.6) is 0 Å². The first-order valence-corrected chi connectivity index (χ1v) is 11.1. The molecule has 6 nitrogen and oxygen atoms in total. The molecule has 3 aromatic rings. The van der Waals surface area contributed by atoms with Crippen LogP contribution in [0.15, 0.2) is 82.4 Å². The topological polar surface area (TPSA) is 79.4 Å². The highest BCUT2D eigenvalue weighted by atomic mass is 79.9. The fourth-order valence-electron chi connectivity index (χ4n) is 2.67. The van der Waals surface area contributed by atoms with E-state index in [9.17, 15) is 13.2 Å². The lowest BCUT2D eigenvalue weighted by Crippen LogP contribution is -2.40. The molecule has 1 N–H and O–H groups in total. The molecular formula is C21H20BrN3O3S. The van der Waals surface area contributed by atoms with E-state index in [0.29, 0.717) is 5.69 Å². The van der Waals surface area contributed by atoms with E-state index in [1.165, 1.54) is 0 Å². The van der Waals surface area contributed by atoms with E-state index >= 15 is 0 Å². The Labute approximate surface area is 178 Å². The van der Waals surface area contributed by atoms with E-state index in [1.807, 2.05) is 13.0 Å². The van der Waals surface area contributed by atoms with Crippen LogP contribution >= 0.6 is 15.9 Å². The van der Waals surface area contributed by atoms with Crippen molar-refractivity contribution < 1.29 is 13.2 Å². The van der Waals surface area contributed by atoms with Gasteiger partial charge in [0, 0.05) is 23.4 Å². The molecule has 0 aliphatic rings. The number of anilines is 1. The van der Waals surface area contributed by atoms with Crippen LogP contribution in [0.25, 0.3) is 0 Å². The van der Waals surface area contributed by atoms with Crippen molar-refractivity contribution in [1.82, 2.24) is 10.3 Å². The van der Waals surface area contributed by atoms with Crippen LogP contribution in [0.1, 0.15) is 11.1 Å². The fraction of sp³-hybridized carbons (Fsp3) is 0.143. The second-order valence-corrected chi connectivity index (χ2v) is 9.22. The average molecular weight is 474 g/mol. The van der Waals surface area contributed by atoms with Gasteiger partial charge in [-0.05, 0) is 48.9 Å². The van der Waals surface area contributed by atoms with E-state index in [4.69, 9.17) is 0 Å². The standard InChI is InChI=1S/C21H20BrN3O3S/c1-16-7-9-20(10-8-16)29(27,28)25(19-6-2-5-18(22)12-19)15-21(26)24-14-17-4-3-11-23-13-17/h2-13H,14-15H2,1H3,(H,24,26). The molecule has 0 fully saturated rings. The molecule has 0 saturated heterocycles. The fourth-order valence-corrected chi connectivity index (χ4v) is 4.47. The van der Waals surface area contributed by atoms with Gasteiger partial charge in [0.15, 0.2) is 0 Å². The Balaban J connectivity index is 1.87. The zero-order valence-electron chi connectivity index (χ0n) is 15.7. The Morgan fingerprint density at radius 3 is 2.52 bits per heavy atom. The maximum atomic E-state index is 13.3. The van der Waals surface area contributed by atoms with Crippen LogP contribution in [-0.2, 0) is 21.4 Å². The number of benzene rings is 2. The summed E-state index contributed by atoms with van der Waals surface area (Å²) in [6, 6.07) is 17.0. The molecule has 0 radical (unpaired) electrons. The molecule has 0 saturated carbocycles. The summed E-state index contributed by atoms with van der Waals surface area (Å²) in [6.07, 6.45) is 3.30. The summed E-state index contributed by atoms with van der Waals surface area (Å²) < 4.78 is 28.4. The molecule has 2 aromatic carbocycles. The molecule has 0 bridgehead atoms. The van der Waals surface area contributed by atoms with Crippen molar-refractivity contribution in [2.45, 2.75) is 18.4 Å². The number of aromatic nitrogens is 1. The van der Waals surface area contributed by atoms with Gasteiger partial charge in [0.25, 0.3) is 10.0 Å². The summed E-state index contributed by atoms with van der Waals surface area (Å²) in [6.45, 7) is 1.81. The van der Waals surface area contributed by atoms with Crippen molar-refractivity contribution >= 4 is 37.5 Å². The molecule has 1 heterocycles. The van der Waals surface area contributed by atoms with E-state index in [1.54, 1.807) is 67.0 Å². The first-order chi connectivity index (χ1) is 13.9. The molecule has 1 amide bonds. The molecule has 0 unspecified atom stereocenters. The van der Waals surface area contributed by atoms with Crippen LogP contribution in [0, 0.1) is 6.92 Å². The molecule has 1 aromatic heterocycles. The minimum atomic E-state index is -3.93. The minimum absolute atomic E-state index is 0.128. The van der Waals surface area contributed by atoms with Gasteiger partial charge in [-0.25, -0.2) is 8.42 Å². The lowest BCUT2D eigenvalue weighted by atomic mass is 10.2. The highest BCUT2D eigenvalue weighted by Gasteiger charge is 2.27. The number of aryl methyl sites for hydroxylation is 1. The summed E-state index contributed by atoms with van der Waals surface area (Å²) in [4.78, 5) is 16.7. The summed E-state index contributed by atoms with van der Waals surface area (Å²) in [5.74, 6) is -0.412. The van der Waals surface area contributed by atoms with Gasteiger partial charge in [0.2, 0.25) is 5.91 Å².